The maximum Gasteiger partial charge on any atom is 0.165 e. The molecule has 0 spiro atoms. The molecule has 0 bridgehead atoms. The Morgan fingerprint density at radius 3 is 2.87 bits per heavy atom. The van der Waals surface area contributed by atoms with Crippen LogP contribution in [0.2, 0.25) is 0 Å². The quantitative estimate of drug-likeness (QED) is 0.827. The molecule has 3 heteroatoms. The molecule has 1 aromatic rings. The van der Waals surface area contributed by atoms with Crippen LogP contribution < -0.4 is 10.5 Å². The molecule has 2 nitrogen and oxygen atoms in total. The Bertz CT molecular complexity index is 349. The number of nitrogens with two attached hydrogens (primary N) is 1. The molecule has 0 radical (unpaired) electrons. The van der Waals surface area contributed by atoms with Gasteiger partial charge in [-0.3, -0.25) is 0 Å². The highest BCUT2D eigenvalue weighted by atomic mass is 19.1. The molecular formula is C12H16FNO. The summed E-state index contributed by atoms with van der Waals surface area (Å²) in [4.78, 5) is 0. The van der Waals surface area contributed by atoms with Gasteiger partial charge in [-0.1, -0.05) is 25.0 Å². The summed E-state index contributed by atoms with van der Waals surface area (Å²) in [5.74, 6) is 0.694. The summed E-state index contributed by atoms with van der Waals surface area (Å²) in [6.45, 7) is 0. The largest absolute Gasteiger partial charge is 0.493 e. The first-order valence-corrected chi connectivity index (χ1v) is 5.30. The molecule has 0 heterocycles. The van der Waals surface area contributed by atoms with Gasteiger partial charge in [-0.2, -0.15) is 0 Å². The average Bonchev–Trinajstić information content (AvgIpc) is 3.01. The summed E-state index contributed by atoms with van der Waals surface area (Å²) in [5.41, 5.74) is 6.82. The first kappa shape index (κ1) is 10.4. The lowest BCUT2D eigenvalue weighted by molar-refractivity contribution is 0.375. The predicted molar refractivity (Wildman–Crippen MR) is 57.2 cm³/mol. The Kier molecular flexibility index (Phi) is 2.91. The minimum absolute atomic E-state index is 0.108. The second kappa shape index (κ2) is 4.19. The first-order valence-electron chi connectivity index (χ1n) is 5.30. The van der Waals surface area contributed by atoms with E-state index in [2.05, 4.69) is 0 Å². The third-order valence-electron chi connectivity index (χ3n) is 2.89. The standard InChI is InChI=1S/C12H16FNO/c1-15-12-9(3-2-4-10(12)13)11(14)7-8-5-6-8/h2-4,8,11H,5-7,14H2,1H3/t11-/m0/s1. The Morgan fingerprint density at radius 1 is 1.53 bits per heavy atom. The van der Waals surface area contributed by atoms with E-state index in [-0.39, 0.29) is 11.9 Å². The second-order valence-corrected chi connectivity index (χ2v) is 4.15. The van der Waals surface area contributed by atoms with Gasteiger partial charge in [0.05, 0.1) is 7.11 Å². The van der Waals surface area contributed by atoms with Gasteiger partial charge in [0.15, 0.2) is 11.6 Å². The lowest BCUT2D eigenvalue weighted by Crippen LogP contribution is -2.12. The van der Waals surface area contributed by atoms with Gasteiger partial charge >= 0.3 is 0 Å². The van der Waals surface area contributed by atoms with Crippen molar-refractivity contribution < 1.29 is 9.13 Å². The van der Waals surface area contributed by atoms with E-state index in [1.165, 1.54) is 26.0 Å². The average molecular weight is 209 g/mol. The van der Waals surface area contributed by atoms with Crippen molar-refractivity contribution in [1.82, 2.24) is 0 Å². The molecule has 0 aromatic heterocycles. The number of rotatable bonds is 4. The van der Waals surface area contributed by atoms with Crippen LogP contribution in [0.15, 0.2) is 18.2 Å². The van der Waals surface area contributed by atoms with Crippen LogP contribution in [-0.4, -0.2) is 7.11 Å². The zero-order chi connectivity index (χ0) is 10.8. The fraction of sp³-hybridized carbons (Fsp3) is 0.500. The van der Waals surface area contributed by atoms with Crippen molar-refractivity contribution in [2.24, 2.45) is 11.7 Å². The van der Waals surface area contributed by atoms with Crippen LogP contribution in [0.1, 0.15) is 30.9 Å². The zero-order valence-electron chi connectivity index (χ0n) is 8.87. The molecule has 1 aromatic carbocycles. The van der Waals surface area contributed by atoms with Crippen molar-refractivity contribution in [3.8, 4) is 5.75 Å². The third kappa shape index (κ3) is 2.29. The van der Waals surface area contributed by atoms with Crippen molar-refractivity contribution >= 4 is 0 Å². The Balaban J connectivity index is 2.20. The van der Waals surface area contributed by atoms with Gasteiger partial charge in [-0.15, -0.1) is 0 Å². The third-order valence-corrected chi connectivity index (χ3v) is 2.89. The summed E-state index contributed by atoms with van der Waals surface area (Å²) in [6.07, 6.45) is 3.44. The molecule has 2 N–H and O–H groups in total. The van der Waals surface area contributed by atoms with Gasteiger partial charge in [-0.05, 0) is 18.4 Å². The van der Waals surface area contributed by atoms with Crippen LogP contribution in [-0.2, 0) is 0 Å². The number of halogens is 1. The van der Waals surface area contributed by atoms with E-state index in [1.54, 1.807) is 6.07 Å². The van der Waals surface area contributed by atoms with Crippen molar-refractivity contribution in [2.75, 3.05) is 7.11 Å². The molecule has 1 aliphatic carbocycles. The van der Waals surface area contributed by atoms with E-state index in [0.29, 0.717) is 5.75 Å². The van der Waals surface area contributed by atoms with Gasteiger partial charge in [0.25, 0.3) is 0 Å². The fourth-order valence-electron chi connectivity index (χ4n) is 1.87. The number of hydrogen-bond acceptors (Lipinski definition) is 2. The van der Waals surface area contributed by atoms with E-state index in [0.717, 1.165) is 17.9 Å². The van der Waals surface area contributed by atoms with E-state index in [1.807, 2.05) is 6.07 Å². The fourth-order valence-corrected chi connectivity index (χ4v) is 1.87. The normalized spacial score (nSPS) is 17.5. The molecule has 0 unspecified atom stereocenters. The molecule has 2 rings (SSSR count). The van der Waals surface area contributed by atoms with Crippen LogP contribution in [0, 0.1) is 11.7 Å². The zero-order valence-corrected chi connectivity index (χ0v) is 8.87. The maximum absolute atomic E-state index is 13.4. The van der Waals surface area contributed by atoms with Gasteiger partial charge in [0.1, 0.15) is 0 Å². The highest BCUT2D eigenvalue weighted by molar-refractivity contribution is 5.37. The molecule has 0 amide bonds. The summed E-state index contributed by atoms with van der Waals surface area (Å²) in [5, 5.41) is 0. The highest BCUT2D eigenvalue weighted by Gasteiger charge is 2.26. The lowest BCUT2D eigenvalue weighted by Gasteiger charge is -2.15. The molecule has 15 heavy (non-hydrogen) atoms. The number of ether oxygens (including phenoxy) is 1. The Morgan fingerprint density at radius 2 is 2.27 bits per heavy atom. The van der Waals surface area contributed by atoms with E-state index in [9.17, 15) is 4.39 Å². The van der Waals surface area contributed by atoms with Crippen molar-refractivity contribution in [3.63, 3.8) is 0 Å². The number of para-hydroxylation sites is 1. The van der Waals surface area contributed by atoms with E-state index < -0.39 is 0 Å². The van der Waals surface area contributed by atoms with Crippen LogP contribution in [0.3, 0.4) is 0 Å². The van der Waals surface area contributed by atoms with Crippen molar-refractivity contribution in [3.05, 3.63) is 29.6 Å². The number of benzene rings is 1. The smallest absolute Gasteiger partial charge is 0.165 e. The molecule has 82 valence electrons. The lowest BCUT2D eigenvalue weighted by atomic mass is 10.0. The van der Waals surface area contributed by atoms with Crippen molar-refractivity contribution in [1.29, 1.82) is 0 Å². The monoisotopic (exact) mass is 209 g/mol. The molecular weight excluding hydrogens is 193 g/mol. The van der Waals surface area contributed by atoms with Crippen LogP contribution in [0.4, 0.5) is 4.39 Å². The number of methoxy groups -OCH3 is 1. The summed E-state index contributed by atoms with van der Waals surface area (Å²) >= 11 is 0. The van der Waals surface area contributed by atoms with Crippen LogP contribution in [0.5, 0.6) is 5.75 Å². The van der Waals surface area contributed by atoms with E-state index >= 15 is 0 Å². The molecule has 1 atom stereocenters. The molecule has 1 fully saturated rings. The number of hydrogen-bond donors (Lipinski definition) is 1. The van der Waals surface area contributed by atoms with Gasteiger partial charge < -0.3 is 10.5 Å². The topological polar surface area (TPSA) is 35.2 Å². The summed E-state index contributed by atoms with van der Waals surface area (Å²) in [7, 11) is 1.48. The summed E-state index contributed by atoms with van der Waals surface area (Å²) in [6, 6.07) is 4.81. The summed E-state index contributed by atoms with van der Waals surface area (Å²) < 4.78 is 18.4. The van der Waals surface area contributed by atoms with Crippen molar-refractivity contribution in [2.45, 2.75) is 25.3 Å². The second-order valence-electron chi connectivity index (χ2n) is 4.15. The minimum Gasteiger partial charge on any atom is -0.493 e. The van der Waals surface area contributed by atoms with Gasteiger partial charge in [-0.25, -0.2) is 4.39 Å². The van der Waals surface area contributed by atoms with Gasteiger partial charge in [0.2, 0.25) is 0 Å². The van der Waals surface area contributed by atoms with Crippen LogP contribution in [0.25, 0.3) is 0 Å². The molecule has 1 aliphatic rings. The first-order chi connectivity index (χ1) is 7.22. The van der Waals surface area contributed by atoms with Gasteiger partial charge in [0, 0.05) is 11.6 Å². The predicted octanol–water partition coefficient (Wildman–Crippen LogP) is 2.63. The molecule has 0 saturated heterocycles. The Labute approximate surface area is 89.2 Å². The van der Waals surface area contributed by atoms with Crippen LogP contribution >= 0.6 is 0 Å². The minimum atomic E-state index is -0.332. The maximum atomic E-state index is 13.4. The Hall–Kier alpha value is -1.09. The SMILES string of the molecule is COc1c(F)cccc1[C@@H](N)CC1CC1. The molecule has 1 saturated carbocycles. The van der Waals surface area contributed by atoms with E-state index in [4.69, 9.17) is 10.5 Å². The molecule has 0 aliphatic heterocycles. The highest BCUT2D eigenvalue weighted by Crippen LogP contribution is 2.39.